The van der Waals surface area contributed by atoms with Crippen LogP contribution in [0, 0.1) is 5.92 Å². The van der Waals surface area contributed by atoms with Gasteiger partial charge < -0.3 is 20.3 Å². The number of nitrogens with one attached hydrogen (secondary N) is 2. The highest BCUT2D eigenvalue weighted by molar-refractivity contribution is 5.98. The highest BCUT2D eigenvalue weighted by Crippen LogP contribution is 2.28. The summed E-state index contributed by atoms with van der Waals surface area (Å²) in [6, 6.07) is 5.48. The lowest BCUT2D eigenvalue weighted by Crippen LogP contribution is -2.40. The van der Waals surface area contributed by atoms with Crippen LogP contribution in [0.4, 0.5) is 5.69 Å². The van der Waals surface area contributed by atoms with E-state index in [9.17, 15) is 9.59 Å². The smallest absolute Gasteiger partial charge is 0.253 e. The van der Waals surface area contributed by atoms with Gasteiger partial charge in [-0.15, -0.1) is 0 Å². The number of nitrogens with zero attached hydrogens (tertiary/aromatic N) is 1. The number of hydrogen-bond donors (Lipinski definition) is 2. The average Bonchev–Trinajstić information content (AvgIpc) is 2.55. The van der Waals surface area contributed by atoms with E-state index in [-0.39, 0.29) is 17.7 Å². The molecule has 2 atom stereocenters. The summed E-state index contributed by atoms with van der Waals surface area (Å²) in [5, 5.41) is 6.30. The van der Waals surface area contributed by atoms with Gasteiger partial charge in [-0.1, -0.05) is 0 Å². The van der Waals surface area contributed by atoms with Crippen molar-refractivity contribution in [2.24, 2.45) is 5.92 Å². The molecule has 6 heteroatoms. The van der Waals surface area contributed by atoms with E-state index >= 15 is 0 Å². The molecule has 0 saturated carbocycles. The van der Waals surface area contributed by atoms with Gasteiger partial charge in [0.1, 0.15) is 5.75 Å². The lowest BCUT2D eigenvalue weighted by Gasteiger charge is -2.27. The highest BCUT2D eigenvalue weighted by atomic mass is 16.5. The Kier molecular flexibility index (Phi) is 6.20. The van der Waals surface area contributed by atoms with Crippen LogP contribution >= 0.6 is 0 Å². The van der Waals surface area contributed by atoms with Gasteiger partial charge in [0.15, 0.2) is 0 Å². The second-order valence-corrected chi connectivity index (χ2v) is 6.41. The number of rotatable bonds is 5. The SMILES string of the molecule is CCOc1ccc(C(=O)N(C)C)cc1NC(=O)[C@H]1CCN[C@@H](C)C1. The largest absolute Gasteiger partial charge is 0.492 e. The first-order chi connectivity index (χ1) is 11.4. The van der Waals surface area contributed by atoms with E-state index < -0.39 is 0 Å². The van der Waals surface area contributed by atoms with E-state index in [1.165, 1.54) is 4.90 Å². The topological polar surface area (TPSA) is 70.7 Å². The van der Waals surface area contributed by atoms with Gasteiger partial charge in [-0.25, -0.2) is 0 Å². The Morgan fingerprint density at radius 2 is 2.12 bits per heavy atom. The standard InChI is InChI=1S/C18H27N3O3/c1-5-24-16-7-6-14(18(23)21(3)4)11-15(16)20-17(22)13-8-9-19-12(2)10-13/h6-7,11-13,19H,5,8-10H2,1-4H3,(H,20,22)/t12-,13-/m0/s1. The summed E-state index contributed by atoms with van der Waals surface area (Å²) in [5.41, 5.74) is 1.08. The van der Waals surface area contributed by atoms with Gasteiger partial charge in [0, 0.05) is 31.6 Å². The molecule has 6 nitrogen and oxygen atoms in total. The van der Waals surface area contributed by atoms with Gasteiger partial charge in [0.25, 0.3) is 5.91 Å². The van der Waals surface area contributed by atoms with Crippen LogP contribution in [0.3, 0.4) is 0 Å². The fourth-order valence-electron chi connectivity index (χ4n) is 2.91. The van der Waals surface area contributed by atoms with Crippen molar-refractivity contribution in [2.75, 3.05) is 32.6 Å². The summed E-state index contributed by atoms with van der Waals surface area (Å²) in [7, 11) is 3.40. The second kappa shape index (κ2) is 8.15. The molecule has 0 aromatic heterocycles. The Morgan fingerprint density at radius 1 is 1.38 bits per heavy atom. The highest BCUT2D eigenvalue weighted by Gasteiger charge is 2.25. The fraction of sp³-hybridized carbons (Fsp3) is 0.556. The van der Waals surface area contributed by atoms with Gasteiger partial charge in [0.2, 0.25) is 5.91 Å². The number of anilines is 1. The molecule has 0 bridgehead atoms. The monoisotopic (exact) mass is 333 g/mol. The van der Waals surface area contributed by atoms with Crippen LogP contribution in [0.1, 0.15) is 37.0 Å². The minimum Gasteiger partial charge on any atom is -0.492 e. The first-order valence-electron chi connectivity index (χ1n) is 8.45. The molecule has 1 heterocycles. The number of piperidine rings is 1. The molecule has 24 heavy (non-hydrogen) atoms. The quantitative estimate of drug-likeness (QED) is 0.866. The third-order valence-corrected chi connectivity index (χ3v) is 4.18. The van der Waals surface area contributed by atoms with Crippen LogP contribution in [-0.4, -0.2) is 50.0 Å². The average molecular weight is 333 g/mol. The Balaban J connectivity index is 2.20. The molecule has 0 unspecified atom stereocenters. The summed E-state index contributed by atoms with van der Waals surface area (Å²) in [6.45, 7) is 5.31. The summed E-state index contributed by atoms with van der Waals surface area (Å²) < 4.78 is 5.59. The number of carbonyl (C=O) groups excluding carboxylic acids is 2. The minimum atomic E-state index is -0.107. The van der Waals surface area contributed by atoms with Crippen LogP contribution in [0.5, 0.6) is 5.75 Å². The Morgan fingerprint density at radius 3 is 2.75 bits per heavy atom. The van der Waals surface area contributed by atoms with Crippen molar-refractivity contribution in [2.45, 2.75) is 32.7 Å². The molecule has 0 radical (unpaired) electrons. The summed E-state index contributed by atoms with van der Waals surface area (Å²) in [6.07, 6.45) is 1.63. The van der Waals surface area contributed by atoms with E-state index in [1.54, 1.807) is 32.3 Å². The molecule has 1 aliphatic rings. The minimum absolute atomic E-state index is 0.0150. The van der Waals surface area contributed by atoms with Crippen LogP contribution < -0.4 is 15.4 Å². The number of carbonyl (C=O) groups is 2. The van der Waals surface area contributed by atoms with E-state index in [2.05, 4.69) is 17.6 Å². The summed E-state index contributed by atoms with van der Waals surface area (Å²) in [4.78, 5) is 26.3. The summed E-state index contributed by atoms with van der Waals surface area (Å²) in [5.74, 6) is 0.440. The molecular formula is C18H27N3O3. The van der Waals surface area contributed by atoms with Crippen molar-refractivity contribution >= 4 is 17.5 Å². The lowest BCUT2D eigenvalue weighted by molar-refractivity contribution is -0.120. The molecular weight excluding hydrogens is 306 g/mol. The Labute approximate surface area is 143 Å². The van der Waals surface area contributed by atoms with Crippen molar-refractivity contribution < 1.29 is 14.3 Å². The molecule has 1 aromatic carbocycles. The Bertz CT molecular complexity index is 601. The van der Waals surface area contributed by atoms with Crippen LogP contribution in [0.25, 0.3) is 0 Å². The van der Waals surface area contributed by atoms with E-state index in [0.29, 0.717) is 29.6 Å². The third kappa shape index (κ3) is 4.47. The first-order valence-corrected chi connectivity index (χ1v) is 8.45. The number of benzene rings is 1. The van der Waals surface area contributed by atoms with Crippen molar-refractivity contribution in [3.63, 3.8) is 0 Å². The zero-order chi connectivity index (χ0) is 17.7. The molecule has 1 aromatic rings. The molecule has 1 fully saturated rings. The molecule has 2 amide bonds. The van der Waals surface area contributed by atoms with Gasteiger partial charge >= 0.3 is 0 Å². The molecule has 2 rings (SSSR count). The van der Waals surface area contributed by atoms with Gasteiger partial charge in [-0.3, -0.25) is 9.59 Å². The Hall–Kier alpha value is -2.08. The zero-order valence-corrected chi connectivity index (χ0v) is 14.9. The van der Waals surface area contributed by atoms with Crippen LogP contribution in [0.15, 0.2) is 18.2 Å². The van der Waals surface area contributed by atoms with Gasteiger partial charge in [-0.05, 0) is 51.4 Å². The maximum Gasteiger partial charge on any atom is 0.253 e. The maximum absolute atomic E-state index is 12.6. The van der Waals surface area contributed by atoms with Gasteiger partial charge in [-0.2, -0.15) is 0 Å². The zero-order valence-electron chi connectivity index (χ0n) is 14.9. The van der Waals surface area contributed by atoms with Crippen molar-refractivity contribution in [1.29, 1.82) is 0 Å². The predicted octanol–water partition coefficient (Wildman–Crippen LogP) is 2.11. The summed E-state index contributed by atoms with van der Waals surface area (Å²) >= 11 is 0. The van der Waals surface area contributed by atoms with Crippen molar-refractivity contribution in [1.82, 2.24) is 10.2 Å². The normalized spacial score (nSPS) is 20.3. The maximum atomic E-state index is 12.6. The molecule has 2 N–H and O–H groups in total. The predicted molar refractivity (Wildman–Crippen MR) is 94.4 cm³/mol. The molecule has 132 valence electrons. The van der Waals surface area contributed by atoms with E-state index in [1.807, 2.05) is 6.92 Å². The molecule has 1 saturated heterocycles. The van der Waals surface area contributed by atoms with Crippen molar-refractivity contribution in [3.8, 4) is 5.75 Å². The van der Waals surface area contributed by atoms with E-state index in [0.717, 1.165) is 19.4 Å². The van der Waals surface area contributed by atoms with Crippen LogP contribution in [0.2, 0.25) is 0 Å². The number of amides is 2. The number of ether oxygens (including phenoxy) is 1. The van der Waals surface area contributed by atoms with Crippen molar-refractivity contribution in [3.05, 3.63) is 23.8 Å². The lowest BCUT2D eigenvalue weighted by atomic mass is 9.92. The molecule has 0 aliphatic carbocycles. The second-order valence-electron chi connectivity index (χ2n) is 6.41. The van der Waals surface area contributed by atoms with E-state index in [4.69, 9.17) is 4.74 Å². The molecule has 0 spiro atoms. The number of hydrogen-bond acceptors (Lipinski definition) is 4. The van der Waals surface area contributed by atoms with Gasteiger partial charge in [0.05, 0.1) is 12.3 Å². The van der Waals surface area contributed by atoms with Crippen LogP contribution in [-0.2, 0) is 4.79 Å². The molecule has 1 aliphatic heterocycles. The first kappa shape index (κ1) is 18.3. The third-order valence-electron chi connectivity index (χ3n) is 4.18. The fourth-order valence-corrected chi connectivity index (χ4v) is 2.91.